The molecule has 1 aromatic heterocycles. The zero-order valence-corrected chi connectivity index (χ0v) is 26.2. The molecule has 264 valence electrons. The highest BCUT2D eigenvalue weighted by molar-refractivity contribution is 5.95. The summed E-state index contributed by atoms with van der Waals surface area (Å²) < 4.78 is 114. The van der Waals surface area contributed by atoms with Crippen LogP contribution in [0.5, 0.6) is 0 Å². The number of hydrogen-bond acceptors (Lipinski definition) is 5. The summed E-state index contributed by atoms with van der Waals surface area (Å²) in [6.07, 6.45) is -5.78. The first-order chi connectivity index (χ1) is 23.2. The molecule has 0 radical (unpaired) electrons. The van der Waals surface area contributed by atoms with Gasteiger partial charge >= 0.3 is 12.4 Å². The third-order valence-corrected chi connectivity index (χ3v) is 9.84. The monoisotopic (exact) mass is 698 g/mol. The first-order valence-corrected chi connectivity index (χ1v) is 16.0. The second-order valence-electron chi connectivity index (χ2n) is 12.9. The summed E-state index contributed by atoms with van der Waals surface area (Å²) in [4.78, 5) is 34.1. The smallest absolute Gasteiger partial charge is 0.416 e. The summed E-state index contributed by atoms with van der Waals surface area (Å²) in [5, 5.41) is 0. The van der Waals surface area contributed by atoms with E-state index in [1.807, 2.05) is 0 Å². The van der Waals surface area contributed by atoms with Crippen molar-refractivity contribution in [3.05, 3.63) is 94.4 Å². The maximum Gasteiger partial charge on any atom is 0.416 e. The van der Waals surface area contributed by atoms with Gasteiger partial charge in [0.25, 0.3) is 11.8 Å². The molecule has 2 amide bonds. The summed E-state index contributed by atoms with van der Waals surface area (Å²) in [5.41, 5.74) is -3.09. The van der Waals surface area contributed by atoms with Gasteiger partial charge in [-0.15, -0.1) is 0 Å². The van der Waals surface area contributed by atoms with Crippen molar-refractivity contribution in [2.75, 3.05) is 45.8 Å². The fraction of sp³-hybridized carbons (Fsp3) is 0.471. The number of amides is 2. The zero-order valence-electron chi connectivity index (χ0n) is 26.2. The number of nitrogens with zero attached hydrogens (tertiary/aromatic N) is 4. The van der Waals surface area contributed by atoms with Gasteiger partial charge in [0.1, 0.15) is 6.26 Å². The number of hydrogen-bond donors (Lipinski definition) is 0. The van der Waals surface area contributed by atoms with E-state index in [-0.39, 0.29) is 37.0 Å². The summed E-state index contributed by atoms with van der Waals surface area (Å²) >= 11 is 0. The van der Waals surface area contributed by atoms with Crippen molar-refractivity contribution in [3.8, 4) is 0 Å². The van der Waals surface area contributed by atoms with Gasteiger partial charge < -0.3 is 14.2 Å². The normalized spacial score (nSPS) is 22.9. The van der Waals surface area contributed by atoms with Crippen LogP contribution in [0.2, 0.25) is 0 Å². The third-order valence-electron chi connectivity index (χ3n) is 9.84. The van der Waals surface area contributed by atoms with Crippen LogP contribution >= 0.6 is 0 Å². The van der Waals surface area contributed by atoms with Gasteiger partial charge in [0, 0.05) is 69.5 Å². The SMILES string of the molecule is O=C(c1ccoc1)N1CC[C@H](N2CCN([C@@H]3CCN(C(=O)c4cc(C(F)(F)F)cc(C(F)(F)F)c4)[C@@H](Cc4ccc(F)c(F)c4)C3)CC2)C1. The average Bonchev–Trinajstić information content (AvgIpc) is 3.79. The Kier molecular flexibility index (Phi) is 9.77. The lowest BCUT2D eigenvalue weighted by atomic mass is 9.90. The van der Waals surface area contributed by atoms with E-state index in [2.05, 4.69) is 9.80 Å². The van der Waals surface area contributed by atoms with Crippen LogP contribution in [0, 0.1) is 11.6 Å². The molecule has 49 heavy (non-hydrogen) atoms. The Balaban J connectivity index is 1.16. The van der Waals surface area contributed by atoms with Crippen molar-refractivity contribution >= 4 is 11.8 Å². The predicted molar refractivity (Wildman–Crippen MR) is 161 cm³/mol. The van der Waals surface area contributed by atoms with E-state index in [1.54, 1.807) is 11.0 Å². The van der Waals surface area contributed by atoms with Crippen molar-refractivity contribution in [1.82, 2.24) is 19.6 Å². The molecular weight excluding hydrogens is 664 g/mol. The average molecular weight is 699 g/mol. The van der Waals surface area contributed by atoms with E-state index in [1.165, 1.54) is 23.5 Å². The molecule has 7 nitrogen and oxygen atoms in total. The Morgan fingerprint density at radius 3 is 1.94 bits per heavy atom. The first-order valence-electron chi connectivity index (χ1n) is 16.0. The molecule has 0 unspecified atom stereocenters. The molecule has 3 aliphatic rings. The van der Waals surface area contributed by atoms with Gasteiger partial charge in [0.2, 0.25) is 0 Å². The van der Waals surface area contributed by atoms with Gasteiger partial charge in [-0.3, -0.25) is 19.4 Å². The Bertz CT molecular complexity index is 1620. The first kappa shape index (κ1) is 34.9. The van der Waals surface area contributed by atoms with E-state index >= 15 is 0 Å². The highest BCUT2D eigenvalue weighted by Crippen LogP contribution is 2.37. The predicted octanol–water partition coefficient (Wildman–Crippen LogP) is 6.34. The molecule has 0 saturated carbocycles. The fourth-order valence-corrected chi connectivity index (χ4v) is 7.27. The molecule has 15 heteroatoms. The standard InChI is InChI=1S/C34H34F8N4O3/c35-29-2-1-21(14-30(29)36)13-28-18-26(4-7-46(28)32(48)23-15-24(33(37,38)39)17-25(16-23)34(40,41)42)43-8-10-44(11-9-43)27-3-6-45(19-27)31(47)22-5-12-49-20-22/h1-2,5,12,14-17,20,26-28H,3-4,6-11,13,18-19H2/t26-,27+,28+/m1/s1. The van der Waals surface area contributed by atoms with Gasteiger partial charge in [-0.1, -0.05) is 6.07 Å². The van der Waals surface area contributed by atoms with Crippen LogP contribution in [0.15, 0.2) is 59.4 Å². The highest BCUT2D eigenvalue weighted by atomic mass is 19.4. The van der Waals surface area contributed by atoms with E-state index in [0.717, 1.165) is 31.6 Å². The van der Waals surface area contributed by atoms with Gasteiger partial charge in [-0.2, -0.15) is 26.3 Å². The minimum atomic E-state index is -5.12. The largest absolute Gasteiger partial charge is 0.472 e. The fourth-order valence-electron chi connectivity index (χ4n) is 7.27. The number of likely N-dealkylation sites (tertiary alicyclic amines) is 2. The number of piperidine rings is 1. The second-order valence-corrected chi connectivity index (χ2v) is 12.9. The molecule has 3 fully saturated rings. The van der Waals surface area contributed by atoms with Crippen molar-refractivity contribution < 1.29 is 49.1 Å². The Morgan fingerprint density at radius 1 is 0.714 bits per heavy atom. The molecule has 0 aliphatic carbocycles. The van der Waals surface area contributed by atoms with Crippen LogP contribution in [0.25, 0.3) is 0 Å². The van der Waals surface area contributed by atoms with Crippen molar-refractivity contribution in [1.29, 1.82) is 0 Å². The van der Waals surface area contributed by atoms with Crippen LogP contribution in [0.4, 0.5) is 35.1 Å². The minimum absolute atomic E-state index is 0.0209. The van der Waals surface area contributed by atoms with Crippen molar-refractivity contribution in [2.45, 2.75) is 56.2 Å². The van der Waals surface area contributed by atoms with Crippen LogP contribution in [-0.4, -0.2) is 95.4 Å². The maximum atomic E-state index is 14.1. The Morgan fingerprint density at radius 2 is 1.35 bits per heavy atom. The van der Waals surface area contributed by atoms with Crippen LogP contribution < -0.4 is 0 Å². The summed E-state index contributed by atoms with van der Waals surface area (Å²) in [5.74, 6) is -3.26. The van der Waals surface area contributed by atoms with E-state index < -0.39 is 52.6 Å². The molecule has 0 bridgehead atoms. The molecule has 3 saturated heterocycles. The van der Waals surface area contributed by atoms with E-state index in [0.29, 0.717) is 62.3 Å². The minimum Gasteiger partial charge on any atom is -0.472 e. The topological polar surface area (TPSA) is 60.2 Å². The molecule has 6 rings (SSSR count). The number of carbonyl (C=O) groups is 2. The lowest BCUT2D eigenvalue weighted by Gasteiger charge is -2.47. The highest BCUT2D eigenvalue weighted by Gasteiger charge is 2.41. The molecule has 3 aliphatic heterocycles. The number of benzene rings is 2. The quantitative estimate of drug-likeness (QED) is 0.282. The number of piperazine rings is 1. The van der Waals surface area contributed by atoms with E-state index in [4.69, 9.17) is 4.42 Å². The number of carbonyl (C=O) groups excluding carboxylic acids is 2. The molecule has 0 N–H and O–H groups in total. The zero-order chi connectivity index (χ0) is 35.1. The van der Waals surface area contributed by atoms with Gasteiger partial charge in [-0.05, 0) is 67.6 Å². The van der Waals surface area contributed by atoms with Crippen molar-refractivity contribution in [3.63, 3.8) is 0 Å². The second kappa shape index (κ2) is 13.7. The molecule has 3 atom stereocenters. The number of halogens is 8. The number of alkyl halides is 6. The van der Waals surface area contributed by atoms with Crippen LogP contribution in [0.3, 0.4) is 0 Å². The Hall–Kier alpha value is -3.98. The number of furan rings is 1. The van der Waals surface area contributed by atoms with Gasteiger partial charge in [0.15, 0.2) is 11.6 Å². The summed E-state index contributed by atoms with van der Waals surface area (Å²) in [7, 11) is 0. The van der Waals surface area contributed by atoms with Crippen LogP contribution in [0.1, 0.15) is 56.7 Å². The molecule has 3 aromatic rings. The summed E-state index contributed by atoms with van der Waals surface area (Å²) in [6.45, 7) is 4.04. The van der Waals surface area contributed by atoms with Crippen molar-refractivity contribution in [2.24, 2.45) is 0 Å². The molecular formula is C34H34F8N4O3. The van der Waals surface area contributed by atoms with E-state index in [9.17, 15) is 44.7 Å². The third kappa shape index (κ3) is 7.77. The summed E-state index contributed by atoms with van der Waals surface area (Å²) in [6, 6.07) is 5.11. The van der Waals surface area contributed by atoms with Crippen LogP contribution in [-0.2, 0) is 18.8 Å². The number of rotatable bonds is 6. The molecule has 2 aromatic carbocycles. The van der Waals surface area contributed by atoms with Gasteiger partial charge in [-0.25, -0.2) is 8.78 Å². The van der Waals surface area contributed by atoms with Gasteiger partial charge in [0.05, 0.1) is 23.0 Å². The lowest BCUT2D eigenvalue weighted by Crippen LogP contribution is -2.58. The lowest BCUT2D eigenvalue weighted by molar-refractivity contribution is -0.143. The Labute approximate surface area is 277 Å². The molecule has 4 heterocycles. The molecule has 0 spiro atoms. The maximum absolute atomic E-state index is 14.1.